The van der Waals surface area contributed by atoms with Crippen molar-refractivity contribution in [2.24, 2.45) is 0 Å². The Hall–Kier alpha value is -1.14. The molecule has 0 aliphatic heterocycles. The zero-order valence-corrected chi connectivity index (χ0v) is 11.3. The van der Waals surface area contributed by atoms with Crippen molar-refractivity contribution in [2.75, 3.05) is 32.8 Å². The minimum absolute atomic E-state index is 0.0160. The topological polar surface area (TPSA) is 73.2 Å². The first-order valence-corrected chi connectivity index (χ1v) is 6.57. The van der Waals surface area contributed by atoms with Crippen LogP contribution in [0.2, 0.25) is 0 Å². The molecule has 0 saturated carbocycles. The van der Waals surface area contributed by atoms with Crippen LogP contribution in [-0.4, -0.2) is 59.4 Å². The maximum absolute atomic E-state index is 9.83. The lowest BCUT2D eigenvalue weighted by molar-refractivity contribution is -0.0448. The number of aliphatic hydroxyl groups is 3. The van der Waals surface area contributed by atoms with Crippen molar-refractivity contribution in [3.63, 3.8) is 0 Å². The van der Waals surface area contributed by atoms with Crippen molar-refractivity contribution in [1.82, 2.24) is 4.90 Å². The molecule has 1 aromatic carbocycles. The van der Waals surface area contributed by atoms with Gasteiger partial charge in [-0.15, -0.1) is 0 Å². The third kappa shape index (κ3) is 6.02. The smallest absolute Gasteiger partial charge is 0.210 e. The zero-order valence-electron chi connectivity index (χ0n) is 11.3. The summed E-state index contributed by atoms with van der Waals surface area (Å²) in [4.78, 5) is 1.74. The van der Waals surface area contributed by atoms with Crippen LogP contribution in [-0.2, 0) is 6.42 Å². The summed E-state index contributed by atoms with van der Waals surface area (Å²) < 4.78 is 5.39. The molecule has 3 N–H and O–H groups in total. The second-order valence-corrected chi connectivity index (χ2v) is 4.32. The maximum Gasteiger partial charge on any atom is 0.210 e. The van der Waals surface area contributed by atoms with Crippen molar-refractivity contribution in [1.29, 1.82) is 0 Å². The van der Waals surface area contributed by atoms with Gasteiger partial charge in [-0.1, -0.05) is 19.1 Å². The zero-order chi connectivity index (χ0) is 14.1. The van der Waals surface area contributed by atoms with Crippen molar-refractivity contribution in [2.45, 2.75) is 19.6 Å². The normalized spacial score (nSPS) is 12.7. The molecule has 0 heterocycles. The average Bonchev–Trinajstić information content (AvgIpc) is 2.40. The molecule has 0 bridgehead atoms. The van der Waals surface area contributed by atoms with Crippen LogP contribution in [0.1, 0.15) is 12.5 Å². The monoisotopic (exact) mass is 269 g/mol. The van der Waals surface area contributed by atoms with E-state index < -0.39 is 6.29 Å². The van der Waals surface area contributed by atoms with Gasteiger partial charge >= 0.3 is 0 Å². The van der Waals surface area contributed by atoms with Gasteiger partial charge in [0.25, 0.3) is 0 Å². The number of benzene rings is 1. The lowest BCUT2D eigenvalue weighted by Gasteiger charge is -2.23. The van der Waals surface area contributed by atoms with E-state index in [0.29, 0.717) is 18.8 Å². The molecule has 0 aliphatic rings. The van der Waals surface area contributed by atoms with Crippen LogP contribution in [0, 0.1) is 0 Å². The molecule has 108 valence electrons. The molecule has 1 rings (SSSR count). The van der Waals surface area contributed by atoms with E-state index in [2.05, 4.69) is 6.92 Å². The summed E-state index contributed by atoms with van der Waals surface area (Å²) >= 11 is 0. The molecular weight excluding hydrogens is 246 g/mol. The molecule has 0 amide bonds. The molecule has 0 saturated heterocycles. The predicted molar refractivity (Wildman–Crippen MR) is 73.1 cm³/mol. The first-order chi connectivity index (χ1) is 9.19. The van der Waals surface area contributed by atoms with Crippen LogP contribution in [0.5, 0.6) is 5.75 Å². The van der Waals surface area contributed by atoms with Gasteiger partial charge in [-0.05, 0) is 24.1 Å². The van der Waals surface area contributed by atoms with Crippen LogP contribution >= 0.6 is 0 Å². The van der Waals surface area contributed by atoms with E-state index in [9.17, 15) is 5.11 Å². The molecule has 0 aliphatic carbocycles. The third-order valence-corrected chi connectivity index (χ3v) is 2.85. The highest BCUT2D eigenvalue weighted by Gasteiger charge is 2.12. The van der Waals surface area contributed by atoms with Gasteiger partial charge in [-0.3, -0.25) is 4.90 Å². The average molecular weight is 269 g/mol. The van der Waals surface area contributed by atoms with Crippen molar-refractivity contribution < 1.29 is 20.1 Å². The van der Waals surface area contributed by atoms with E-state index in [-0.39, 0.29) is 19.8 Å². The van der Waals surface area contributed by atoms with E-state index in [1.54, 1.807) is 4.90 Å². The number of nitrogens with zero attached hydrogens (tertiary/aromatic N) is 1. The molecule has 0 aromatic heterocycles. The molecule has 0 radical (unpaired) electrons. The fourth-order valence-corrected chi connectivity index (χ4v) is 1.80. The first kappa shape index (κ1) is 15.9. The summed E-state index contributed by atoms with van der Waals surface area (Å²) in [7, 11) is 0. The van der Waals surface area contributed by atoms with Crippen molar-refractivity contribution >= 4 is 0 Å². The predicted octanol–water partition coefficient (Wildman–Crippen LogP) is 0.233. The van der Waals surface area contributed by atoms with Gasteiger partial charge in [0.2, 0.25) is 6.29 Å². The molecule has 0 fully saturated rings. The van der Waals surface area contributed by atoms with E-state index in [1.165, 1.54) is 5.56 Å². The highest BCUT2D eigenvalue weighted by atomic mass is 16.6. The Bertz CT molecular complexity index is 336. The molecule has 0 unspecified atom stereocenters. The molecule has 1 aromatic rings. The van der Waals surface area contributed by atoms with E-state index in [1.807, 2.05) is 24.3 Å². The number of hydrogen-bond acceptors (Lipinski definition) is 5. The largest absolute Gasteiger partial charge is 0.464 e. The molecule has 19 heavy (non-hydrogen) atoms. The summed E-state index contributed by atoms with van der Waals surface area (Å²) in [5.74, 6) is 0.609. The minimum Gasteiger partial charge on any atom is -0.464 e. The highest BCUT2D eigenvalue weighted by Crippen LogP contribution is 2.14. The molecule has 1 atom stereocenters. The fourth-order valence-electron chi connectivity index (χ4n) is 1.80. The van der Waals surface area contributed by atoms with Gasteiger partial charge < -0.3 is 20.1 Å². The summed E-state index contributed by atoms with van der Waals surface area (Å²) in [5.41, 5.74) is 1.21. The quantitative estimate of drug-likeness (QED) is 0.560. The molecule has 0 spiro atoms. The Morgan fingerprint density at radius 1 is 1.11 bits per heavy atom. The Morgan fingerprint density at radius 2 is 1.68 bits per heavy atom. The Balaban J connectivity index is 2.45. The summed E-state index contributed by atoms with van der Waals surface area (Å²) in [6.07, 6.45) is -0.0190. The standard InChI is InChI=1S/C14H23NO4/c1-2-12-3-5-13(6-4-12)19-14(18)11-15(7-9-16)8-10-17/h3-6,14,16-18H,2,7-11H2,1H3/t14-/m1/s1. The van der Waals surface area contributed by atoms with Gasteiger partial charge in [0.05, 0.1) is 19.8 Å². The lowest BCUT2D eigenvalue weighted by Crippen LogP contribution is -2.38. The molecule has 5 heteroatoms. The fraction of sp³-hybridized carbons (Fsp3) is 0.571. The van der Waals surface area contributed by atoms with Crippen LogP contribution < -0.4 is 4.74 Å². The SMILES string of the molecule is CCc1ccc(O[C@@H](O)CN(CCO)CCO)cc1. The number of hydrogen-bond donors (Lipinski definition) is 3. The van der Waals surface area contributed by atoms with Gasteiger partial charge in [0.15, 0.2) is 0 Å². The summed E-state index contributed by atoms with van der Waals surface area (Å²) in [5, 5.41) is 27.6. The summed E-state index contributed by atoms with van der Waals surface area (Å²) in [6, 6.07) is 7.57. The number of rotatable bonds is 9. The van der Waals surface area contributed by atoms with E-state index >= 15 is 0 Å². The number of aliphatic hydroxyl groups excluding tert-OH is 3. The van der Waals surface area contributed by atoms with E-state index in [4.69, 9.17) is 14.9 Å². The maximum atomic E-state index is 9.83. The van der Waals surface area contributed by atoms with Crippen LogP contribution in [0.25, 0.3) is 0 Å². The van der Waals surface area contributed by atoms with E-state index in [0.717, 1.165) is 6.42 Å². The highest BCUT2D eigenvalue weighted by molar-refractivity contribution is 5.27. The second kappa shape index (κ2) is 8.87. The Labute approximate surface area is 114 Å². The Morgan fingerprint density at radius 3 is 2.16 bits per heavy atom. The van der Waals surface area contributed by atoms with Crippen molar-refractivity contribution in [3.05, 3.63) is 29.8 Å². The number of ether oxygens (including phenoxy) is 1. The molecular formula is C14H23NO4. The minimum atomic E-state index is -0.981. The van der Waals surface area contributed by atoms with Crippen LogP contribution in [0.4, 0.5) is 0 Å². The number of aryl methyl sites for hydroxylation is 1. The lowest BCUT2D eigenvalue weighted by atomic mass is 10.2. The first-order valence-electron chi connectivity index (χ1n) is 6.57. The summed E-state index contributed by atoms with van der Waals surface area (Å²) in [6.45, 7) is 3.09. The third-order valence-electron chi connectivity index (χ3n) is 2.85. The van der Waals surface area contributed by atoms with Gasteiger partial charge in [-0.25, -0.2) is 0 Å². The van der Waals surface area contributed by atoms with Crippen LogP contribution in [0.15, 0.2) is 24.3 Å². The second-order valence-electron chi connectivity index (χ2n) is 4.32. The Kier molecular flexibility index (Phi) is 7.43. The van der Waals surface area contributed by atoms with Gasteiger partial charge in [0, 0.05) is 13.1 Å². The van der Waals surface area contributed by atoms with Crippen molar-refractivity contribution in [3.8, 4) is 5.75 Å². The molecule has 5 nitrogen and oxygen atoms in total. The van der Waals surface area contributed by atoms with Gasteiger partial charge in [-0.2, -0.15) is 0 Å². The van der Waals surface area contributed by atoms with Crippen LogP contribution in [0.3, 0.4) is 0 Å². The van der Waals surface area contributed by atoms with Gasteiger partial charge in [0.1, 0.15) is 5.75 Å².